The van der Waals surface area contributed by atoms with E-state index in [2.05, 4.69) is 27.2 Å². The number of benzene rings is 1. The van der Waals surface area contributed by atoms with E-state index in [9.17, 15) is 18.0 Å². The quantitative estimate of drug-likeness (QED) is 0.798. The Bertz CT molecular complexity index is 913. The van der Waals surface area contributed by atoms with Gasteiger partial charge in [0.05, 0.1) is 0 Å². The van der Waals surface area contributed by atoms with E-state index in [1.165, 1.54) is 5.56 Å². The minimum Gasteiger partial charge on any atom is -0.332 e. The predicted molar refractivity (Wildman–Crippen MR) is 103 cm³/mol. The van der Waals surface area contributed by atoms with E-state index in [1.54, 1.807) is 4.90 Å². The Morgan fingerprint density at radius 1 is 1.24 bits per heavy atom. The SMILES string of the molecule is O=C(c1cc(C(F)(F)F)n[nH]1)N(CCN1CCCC1)Cc1cccc2c1C=CC2. The van der Waals surface area contributed by atoms with E-state index in [4.69, 9.17) is 0 Å². The van der Waals surface area contributed by atoms with Gasteiger partial charge in [-0.2, -0.15) is 18.3 Å². The van der Waals surface area contributed by atoms with Gasteiger partial charge in [-0.1, -0.05) is 30.4 Å². The number of rotatable bonds is 6. The molecule has 0 spiro atoms. The lowest BCUT2D eigenvalue weighted by atomic mass is 10.0. The molecule has 0 bridgehead atoms. The van der Waals surface area contributed by atoms with Gasteiger partial charge in [0.25, 0.3) is 5.91 Å². The zero-order valence-electron chi connectivity index (χ0n) is 16.0. The van der Waals surface area contributed by atoms with Crippen LogP contribution in [0.5, 0.6) is 0 Å². The van der Waals surface area contributed by atoms with Crippen molar-refractivity contribution < 1.29 is 18.0 Å². The summed E-state index contributed by atoms with van der Waals surface area (Å²) in [7, 11) is 0. The number of hydrogen-bond donors (Lipinski definition) is 1. The number of aromatic amines is 1. The van der Waals surface area contributed by atoms with Crippen LogP contribution in [0.1, 0.15) is 45.7 Å². The maximum Gasteiger partial charge on any atom is 0.435 e. The third-order valence-corrected chi connectivity index (χ3v) is 5.54. The van der Waals surface area contributed by atoms with Gasteiger partial charge in [0, 0.05) is 25.7 Å². The standard InChI is InChI=1S/C21H23F3N4O/c22-21(23,24)19-13-18(25-26-19)20(29)28(12-11-27-9-1-2-10-27)14-16-7-3-5-15-6-4-8-17(15)16/h3-5,7-8,13H,1-2,6,9-12,14H2,(H,25,26). The molecule has 4 rings (SSSR count). The number of aromatic nitrogens is 2. The number of likely N-dealkylation sites (tertiary alicyclic amines) is 1. The molecule has 0 atom stereocenters. The molecule has 0 radical (unpaired) electrons. The highest BCUT2D eigenvalue weighted by molar-refractivity contribution is 5.92. The van der Waals surface area contributed by atoms with Crippen LogP contribution in [0.15, 0.2) is 30.3 Å². The molecule has 2 heterocycles. The molecule has 8 heteroatoms. The van der Waals surface area contributed by atoms with Gasteiger partial charge in [0.1, 0.15) is 5.69 Å². The molecule has 1 aliphatic carbocycles. The number of carbonyl (C=O) groups excluding carboxylic acids is 1. The van der Waals surface area contributed by atoms with Crippen molar-refractivity contribution in [1.29, 1.82) is 0 Å². The van der Waals surface area contributed by atoms with Crippen LogP contribution in [0, 0.1) is 0 Å². The van der Waals surface area contributed by atoms with Gasteiger partial charge in [-0.15, -0.1) is 0 Å². The summed E-state index contributed by atoms with van der Waals surface area (Å²) in [4.78, 5) is 16.9. The van der Waals surface area contributed by atoms with Crippen molar-refractivity contribution in [2.45, 2.75) is 32.0 Å². The Morgan fingerprint density at radius 2 is 2.03 bits per heavy atom. The molecule has 0 saturated carbocycles. The predicted octanol–water partition coefficient (Wildman–Crippen LogP) is 3.74. The molecule has 1 N–H and O–H groups in total. The van der Waals surface area contributed by atoms with Crippen molar-refractivity contribution in [2.24, 2.45) is 0 Å². The summed E-state index contributed by atoms with van der Waals surface area (Å²) in [6, 6.07) is 6.78. The van der Waals surface area contributed by atoms with Crippen LogP contribution >= 0.6 is 0 Å². The van der Waals surface area contributed by atoms with Crippen molar-refractivity contribution in [3.63, 3.8) is 0 Å². The van der Waals surface area contributed by atoms with Gasteiger partial charge in [-0.25, -0.2) is 0 Å². The highest BCUT2D eigenvalue weighted by atomic mass is 19.4. The zero-order chi connectivity index (χ0) is 20.4. The van der Waals surface area contributed by atoms with Crippen LogP contribution in [0.25, 0.3) is 6.08 Å². The molecule has 154 valence electrons. The number of nitrogens with one attached hydrogen (secondary N) is 1. The van der Waals surface area contributed by atoms with Gasteiger partial charge in [-0.3, -0.25) is 9.89 Å². The average molecular weight is 404 g/mol. The fourth-order valence-corrected chi connectivity index (χ4v) is 3.97. The molecule has 0 unspecified atom stereocenters. The van der Waals surface area contributed by atoms with Crippen molar-refractivity contribution in [2.75, 3.05) is 26.2 Å². The number of carbonyl (C=O) groups is 1. The normalized spacial score (nSPS) is 16.4. The molecule has 2 aliphatic rings. The molecule has 1 saturated heterocycles. The van der Waals surface area contributed by atoms with Gasteiger partial charge < -0.3 is 9.80 Å². The van der Waals surface area contributed by atoms with Crippen LogP contribution in [-0.4, -0.2) is 52.1 Å². The maximum atomic E-state index is 13.0. The summed E-state index contributed by atoms with van der Waals surface area (Å²) >= 11 is 0. The average Bonchev–Trinajstić information content (AvgIpc) is 3.45. The van der Waals surface area contributed by atoms with E-state index in [-0.39, 0.29) is 5.69 Å². The summed E-state index contributed by atoms with van der Waals surface area (Å²) in [5.74, 6) is -0.466. The number of alkyl halides is 3. The first-order valence-electron chi connectivity index (χ1n) is 9.83. The lowest BCUT2D eigenvalue weighted by molar-refractivity contribution is -0.141. The second kappa shape index (κ2) is 8.02. The van der Waals surface area contributed by atoms with E-state index >= 15 is 0 Å². The zero-order valence-corrected chi connectivity index (χ0v) is 16.0. The number of halogens is 3. The lowest BCUT2D eigenvalue weighted by Gasteiger charge is -2.26. The van der Waals surface area contributed by atoms with E-state index in [0.717, 1.165) is 49.5 Å². The van der Waals surface area contributed by atoms with E-state index in [1.807, 2.05) is 18.2 Å². The Labute approximate surface area is 167 Å². The Hall–Kier alpha value is -2.61. The van der Waals surface area contributed by atoms with Crippen LogP contribution in [0.2, 0.25) is 0 Å². The monoisotopic (exact) mass is 404 g/mol. The number of amides is 1. The molecule has 1 aromatic heterocycles. The second-order valence-electron chi connectivity index (χ2n) is 7.54. The van der Waals surface area contributed by atoms with Gasteiger partial charge >= 0.3 is 6.18 Å². The first-order chi connectivity index (χ1) is 13.9. The number of allylic oxidation sites excluding steroid dienone is 1. The van der Waals surface area contributed by atoms with E-state index in [0.29, 0.717) is 19.6 Å². The van der Waals surface area contributed by atoms with Crippen molar-refractivity contribution >= 4 is 12.0 Å². The van der Waals surface area contributed by atoms with Crippen molar-refractivity contribution in [1.82, 2.24) is 20.0 Å². The smallest absolute Gasteiger partial charge is 0.332 e. The number of hydrogen-bond acceptors (Lipinski definition) is 3. The molecule has 29 heavy (non-hydrogen) atoms. The first-order valence-corrected chi connectivity index (χ1v) is 9.83. The highest BCUT2D eigenvalue weighted by Gasteiger charge is 2.35. The summed E-state index contributed by atoms with van der Waals surface area (Å²) < 4.78 is 38.7. The summed E-state index contributed by atoms with van der Waals surface area (Å²) in [5.41, 5.74) is 2.09. The molecular formula is C21H23F3N4O. The molecule has 1 fully saturated rings. The molecule has 1 amide bonds. The van der Waals surface area contributed by atoms with Crippen LogP contribution < -0.4 is 0 Å². The lowest BCUT2D eigenvalue weighted by Crippen LogP contribution is -2.38. The summed E-state index contributed by atoms with van der Waals surface area (Å²) in [6.07, 6.45) is 2.68. The van der Waals surface area contributed by atoms with Crippen LogP contribution in [0.4, 0.5) is 13.2 Å². The van der Waals surface area contributed by atoms with Gasteiger partial charge in [-0.05, 0) is 49.0 Å². The van der Waals surface area contributed by atoms with Crippen LogP contribution in [0.3, 0.4) is 0 Å². The molecule has 1 aliphatic heterocycles. The minimum absolute atomic E-state index is 0.137. The second-order valence-corrected chi connectivity index (χ2v) is 7.54. The highest BCUT2D eigenvalue weighted by Crippen LogP contribution is 2.28. The number of fused-ring (bicyclic) bond motifs is 1. The van der Waals surface area contributed by atoms with Gasteiger partial charge in [0.2, 0.25) is 0 Å². The minimum atomic E-state index is -4.58. The Balaban J connectivity index is 1.56. The fraction of sp³-hybridized carbons (Fsp3) is 0.429. The first kappa shape index (κ1) is 19.7. The summed E-state index contributed by atoms with van der Waals surface area (Å²) in [5, 5.41) is 5.54. The van der Waals surface area contributed by atoms with Crippen molar-refractivity contribution in [3.8, 4) is 0 Å². The maximum absolute atomic E-state index is 13.0. The molecule has 1 aromatic carbocycles. The molecule has 2 aromatic rings. The molecular weight excluding hydrogens is 381 g/mol. The summed E-state index contributed by atoms with van der Waals surface area (Å²) in [6.45, 7) is 3.49. The fourth-order valence-electron chi connectivity index (χ4n) is 3.97. The van der Waals surface area contributed by atoms with Gasteiger partial charge in [0.15, 0.2) is 5.69 Å². The largest absolute Gasteiger partial charge is 0.435 e. The number of nitrogens with zero attached hydrogens (tertiary/aromatic N) is 3. The topological polar surface area (TPSA) is 52.2 Å². The van der Waals surface area contributed by atoms with E-state index < -0.39 is 17.8 Å². The van der Waals surface area contributed by atoms with Crippen molar-refractivity contribution in [3.05, 3.63) is 58.4 Å². The number of H-pyrrole nitrogens is 1. The Kier molecular flexibility index (Phi) is 5.45. The third kappa shape index (κ3) is 4.37. The Morgan fingerprint density at radius 3 is 2.76 bits per heavy atom. The van der Waals surface area contributed by atoms with Crippen LogP contribution in [-0.2, 0) is 19.1 Å². The third-order valence-electron chi connectivity index (χ3n) is 5.54. The molecule has 5 nitrogen and oxygen atoms in total.